The van der Waals surface area contributed by atoms with E-state index in [0.29, 0.717) is 11.5 Å². The lowest BCUT2D eigenvalue weighted by molar-refractivity contribution is -0.274. The fourth-order valence-electron chi connectivity index (χ4n) is 2.15. The molecule has 0 aromatic heterocycles. The summed E-state index contributed by atoms with van der Waals surface area (Å²) in [4.78, 5) is 0. The second-order valence-electron chi connectivity index (χ2n) is 5.28. The number of hydrogen-bond acceptors (Lipinski definition) is 3. The summed E-state index contributed by atoms with van der Waals surface area (Å²) in [5, 5.41) is 3.27. The number of nitrogens with one attached hydrogen (secondary N) is 1. The Morgan fingerprint density at radius 1 is 0.654 bits per heavy atom. The molecule has 26 heavy (non-hydrogen) atoms. The van der Waals surface area contributed by atoms with Gasteiger partial charge in [0.1, 0.15) is 17.2 Å². The van der Waals surface area contributed by atoms with Crippen LogP contribution in [0.5, 0.6) is 17.2 Å². The van der Waals surface area contributed by atoms with Gasteiger partial charge in [-0.3, -0.25) is 0 Å². The first-order valence-electron chi connectivity index (χ1n) is 7.54. The number of alkyl halides is 3. The number of anilines is 2. The van der Waals surface area contributed by atoms with Crippen molar-refractivity contribution in [3.8, 4) is 17.2 Å². The fourth-order valence-corrected chi connectivity index (χ4v) is 2.51. The Hall–Kier alpha value is -2.42. The minimum atomic E-state index is -4.71. The largest absolute Gasteiger partial charge is 0.573 e. The topological polar surface area (TPSA) is 30.5 Å². The molecule has 0 atom stereocenters. The lowest BCUT2D eigenvalue weighted by Crippen LogP contribution is -2.16. The summed E-state index contributed by atoms with van der Waals surface area (Å²) in [6, 6.07) is 20.5. The number of ether oxygens (including phenoxy) is 2. The number of benzene rings is 3. The van der Waals surface area contributed by atoms with Crippen LogP contribution in [0.2, 0.25) is 0 Å². The molecule has 0 bridgehead atoms. The molecule has 0 spiro atoms. The van der Waals surface area contributed by atoms with Gasteiger partial charge in [0, 0.05) is 14.9 Å². The van der Waals surface area contributed by atoms with Gasteiger partial charge in [0.05, 0.1) is 0 Å². The fraction of sp³-hybridized carbons (Fsp3) is 0.0526. The lowest BCUT2D eigenvalue weighted by atomic mass is 10.2. The van der Waals surface area contributed by atoms with E-state index in [1.165, 1.54) is 24.3 Å². The molecular formula is C19H13F3INO2. The van der Waals surface area contributed by atoms with E-state index in [1.807, 2.05) is 36.4 Å². The van der Waals surface area contributed by atoms with Crippen molar-refractivity contribution in [1.29, 1.82) is 0 Å². The van der Waals surface area contributed by atoms with Gasteiger partial charge in [0.25, 0.3) is 0 Å². The van der Waals surface area contributed by atoms with Crippen LogP contribution in [0.25, 0.3) is 0 Å². The molecule has 0 unspecified atom stereocenters. The van der Waals surface area contributed by atoms with Crippen LogP contribution in [0, 0.1) is 3.57 Å². The van der Waals surface area contributed by atoms with Crippen LogP contribution in [-0.4, -0.2) is 6.36 Å². The highest BCUT2D eigenvalue weighted by Crippen LogP contribution is 2.28. The van der Waals surface area contributed by atoms with E-state index in [9.17, 15) is 13.2 Å². The smallest absolute Gasteiger partial charge is 0.457 e. The molecule has 0 heterocycles. The highest BCUT2D eigenvalue weighted by Gasteiger charge is 2.30. The molecule has 3 aromatic carbocycles. The lowest BCUT2D eigenvalue weighted by Gasteiger charge is -2.11. The second-order valence-corrected chi connectivity index (χ2v) is 6.52. The van der Waals surface area contributed by atoms with Gasteiger partial charge in [-0.25, -0.2) is 0 Å². The molecule has 7 heteroatoms. The molecule has 3 nitrogen and oxygen atoms in total. The summed E-state index contributed by atoms with van der Waals surface area (Å²) in [5.74, 6) is 0.697. The Labute approximate surface area is 161 Å². The van der Waals surface area contributed by atoms with Gasteiger partial charge in [0.15, 0.2) is 0 Å². The SMILES string of the molecule is FC(F)(F)Oc1ccc(Oc2ccc(Nc3ccc(I)cc3)cc2)cc1. The average Bonchev–Trinajstić information content (AvgIpc) is 2.59. The minimum Gasteiger partial charge on any atom is -0.457 e. The maximum Gasteiger partial charge on any atom is 0.573 e. The average molecular weight is 471 g/mol. The minimum absolute atomic E-state index is 0.290. The molecule has 0 radical (unpaired) electrons. The summed E-state index contributed by atoms with van der Waals surface area (Å²) in [5.41, 5.74) is 1.87. The second kappa shape index (κ2) is 7.86. The predicted octanol–water partition coefficient (Wildman–Crippen LogP) is 6.73. The van der Waals surface area contributed by atoms with E-state index >= 15 is 0 Å². The maximum absolute atomic E-state index is 12.1. The van der Waals surface area contributed by atoms with Crippen LogP contribution in [0.3, 0.4) is 0 Å². The van der Waals surface area contributed by atoms with Crippen LogP contribution in [0.1, 0.15) is 0 Å². The van der Waals surface area contributed by atoms with Gasteiger partial charge >= 0.3 is 6.36 Å². The standard InChI is InChI=1S/C19H13F3INO2/c20-19(21,22)26-18-11-9-17(10-12-18)25-16-7-5-15(6-8-16)24-14-3-1-13(23)2-4-14/h1-12,24H. The molecule has 0 amide bonds. The normalized spacial score (nSPS) is 11.1. The Morgan fingerprint density at radius 3 is 1.58 bits per heavy atom. The van der Waals surface area contributed by atoms with Gasteiger partial charge in [-0.15, -0.1) is 13.2 Å². The van der Waals surface area contributed by atoms with Gasteiger partial charge in [-0.2, -0.15) is 0 Å². The molecule has 134 valence electrons. The van der Waals surface area contributed by atoms with E-state index in [-0.39, 0.29) is 5.75 Å². The molecule has 0 saturated carbocycles. The zero-order chi connectivity index (χ0) is 18.6. The summed E-state index contributed by atoms with van der Waals surface area (Å²) >= 11 is 2.24. The van der Waals surface area contributed by atoms with Crippen LogP contribution >= 0.6 is 22.6 Å². The first-order valence-corrected chi connectivity index (χ1v) is 8.62. The summed E-state index contributed by atoms with van der Waals surface area (Å²) in [6.45, 7) is 0. The molecule has 0 aliphatic rings. The molecule has 3 aromatic rings. The van der Waals surface area contributed by atoms with Crippen LogP contribution in [0.15, 0.2) is 72.8 Å². The van der Waals surface area contributed by atoms with E-state index in [1.54, 1.807) is 12.1 Å². The van der Waals surface area contributed by atoms with Crippen LogP contribution in [-0.2, 0) is 0 Å². The summed E-state index contributed by atoms with van der Waals surface area (Å²) in [6.07, 6.45) is -4.71. The first-order chi connectivity index (χ1) is 12.4. The van der Waals surface area contributed by atoms with Crippen LogP contribution < -0.4 is 14.8 Å². The van der Waals surface area contributed by atoms with Crippen molar-refractivity contribution in [2.75, 3.05) is 5.32 Å². The Kier molecular flexibility index (Phi) is 5.55. The summed E-state index contributed by atoms with van der Waals surface area (Å²) < 4.78 is 47.0. The van der Waals surface area contributed by atoms with E-state index in [4.69, 9.17) is 4.74 Å². The van der Waals surface area contributed by atoms with Crippen molar-refractivity contribution in [2.45, 2.75) is 6.36 Å². The van der Waals surface area contributed by atoms with E-state index in [0.717, 1.165) is 14.9 Å². The van der Waals surface area contributed by atoms with Crippen molar-refractivity contribution in [1.82, 2.24) is 0 Å². The van der Waals surface area contributed by atoms with Crippen molar-refractivity contribution in [3.05, 3.63) is 76.4 Å². The third-order valence-electron chi connectivity index (χ3n) is 3.28. The number of hydrogen-bond donors (Lipinski definition) is 1. The Balaban J connectivity index is 1.61. The third-order valence-corrected chi connectivity index (χ3v) is 4.00. The monoisotopic (exact) mass is 471 g/mol. The molecule has 0 aliphatic heterocycles. The molecular weight excluding hydrogens is 458 g/mol. The predicted molar refractivity (Wildman–Crippen MR) is 102 cm³/mol. The highest BCUT2D eigenvalue weighted by atomic mass is 127. The van der Waals surface area contributed by atoms with Crippen molar-refractivity contribution >= 4 is 34.0 Å². The van der Waals surface area contributed by atoms with Crippen molar-refractivity contribution in [3.63, 3.8) is 0 Å². The molecule has 1 N–H and O–H groups in total. The zero-order valence-electron chi connectivity index (χ0n) is 13.3. The quantitative estimate of drug-likeness (QED) is 0.419. The molecule has 0 aliphatic carbocycles. The van der Waals surface area contributed by atoms with Gasteiger partial charge in [-0.05, 0) is 95.4 Å². The Morgan fingerprint density at radius 2 is 1.08 bits per heavy atom. The van der Waals surface area contributed by atoms with E-state index < -0.39 is 6.36 Å². The molecule has 0 saturated heterocycles. The van der Waals surface area contributed by atoms with E-state index in [2.05, 4.69) is 32.6 Å². The highest BCUT2D eigenvalue weighted by molar-refractivity contribution is 14.1. The zero-order valence-corrected chi connectivity index (χ0v) is 15.4. The molecule has 0 fully saturated rings. The van der Waals surface area contributed by atoms with Gasteiger partial charge < -0.3 is 14.8 Å². The van der Waals surface area contributed by atoms with Crippen molar-refractivity contribution < 1.29 is 22.6 Å². The number of halogens is 4. The summed E-state index contributed by atoms with van der Waals surface area (Å²) in [7, 11) is 0. The number of rotatable bonds is 5. The maximum atomic E-state index is 12.1. The van der Waals surface area contributed by atoms with Crippen LogP contribution in [0.4, 0.5) is 24.5 Å². The molecule has 3 rings (SSSR count). The first kappa shape index (κ1) is 18.4. The third kappa shape index (κ3) is 5.55. The Bertz CT molecular complexity index is 848. The van der Waals surface area contributed by atoms with Crippen molar-refractivity contribution in [2.24, 2.45) is 0 Å². The van der Waals surface area contributed by atoms with Gasteiger partial charge in [0.2, 0.25) is 0 Å². The van der Waals surface area contributed by atoms with Gasteiger partial charge in [-0.1, -0.05) is 0 Å².